The van der Waals surface area contributed by atoms with E-state index in [1.165, 1.54) is 0 Å². The number of likely N-dealkylation sites (N-methyl/N-ethyl adjacent to an activating group) is 1. The fraction of sp³-hybridized carbons (Fsp3) is 0.308. The molecule has 0 aliphatic carbocycles. The van der Waals surface area contributed by atoms with Crippen LogP contribution in [-0.2, 0) is 4.79 Å². The normalized spacial score (nSPS) is 14.5. The van der Waals surface area contributed by atoms with Crippen molar-refractivity contribution in [3.05, 3.63) is 43.0 Å². The Morgan fingerprint density at radius 1 is 1.11 bits per heavy atom. The summed E-state index contributed by atoms with van der Waals surface area (Å²) in [5.74, 6) is 0.614. The minimum atomic E-state index is -0.0311. The van der Waals surface area contributed by atoms with Gasteiger partial charge in [-0.15, -0.1) is 0 Å². The third-order valence-electron chi connectivity index (χ3n) is 6.68. The molecule has 0 atom stereocenters. The number of aromatic nitrogens is 7. The molecular weight excluding hydrogens is 468 g/mol. The molecule has 11 nitrogen and oxygen atoms in total. The number of piperazine rings is 1. The standard InChI is InChI=1S/C26H28N10O/c1-3-4-22(37)30-17-11-16(13-27-14-17)19-12-18-20(15-29-19)33-34-23(18)26-31-24-21(5-6-28-25(24)32-26)36-9-7-35(2)8-10-36/h5-6,11-15H,3-4,7-10H2,1-2H3,(H,30,37)(H,33,34)(H,28,31,32). The first-order chi connectivity index (χ1) is 18.1. The van der Waals surface area contributed by atoms with Gasteiger partial charge in [0.15, 0.2) is 11.5 Å². The van der Waals surface area contributed by atoms with Gasteiger partial charge < -0.3 is 20.1 Å². The van der Waals surface area contributed by atoms with E-state index in [2.05, 4.69) is 52.3 Å². The number of carbonyl (C=O) groups excluding carboxylic acids is 1. The van der Waals surface area contributed by atoms with Crippen molar-refractivity contribution < 1.29 is 4.79 Å². The first-order valence-corrected chi connectivity index (χ1v) is 12.5. The molecule has 0 aromatic carbocycles. The minimum Gasteiger partial charge on any atom is -0.367 e. The van der Waals surface area contributed by atoms with Crippen LogP contribution in [0.1, 0.15) is 19.8 Å². The second-order valence-electron chi connectivity index (χ2n) is 9.35. The fourth-order valence-electron chi connectivity index (χ4n) is 4.67. The van der Waals surface area contributed by atoms with Gasteiger partial charge in [0.05, 0.1) is 35.0 Å². The fourth-order valence-corrected chi connectivity index (χ4v) is 4.67. The van der Waals surface area contributed by atoms with Crippen LogP contribution in [0.3, 0.4) is 0 Å². The highest BCUT2D eigenvalue weighted by atomic mass is 16.1. The molecule has 11 heteroatoms. The number of fused-ring (bicyclic) bond motifs is 2. The van der Waals surface area contributed by atoms with Gasteiger partial charge in [-0.2, -0.15) is 5.10 Å². The van der Waals surface area contributed by atoms with Crippen molar-refractivity contribution in [2.24, 2.45) is 0 Å². The van der Waals surface area contributed by atoms with Crippen LogP contribution >= 0.6 is 0 Å². The Morgan fingerprint density at radius 3 is 2.81 bits per heavy atom. The van der Waals surface area contributed by atoms with Gasteiger partial charge >= 0.3 is 0 Å². The lowest BCUT2D eigenvalue weighted by Crippen LogP contribution is -2.44. The molecule has 5 aromatic rings. The number of aromatic amines is 2. The van der Waals surface area contributed by atoms with Crippen LogP contribution in [0.2, 0.25) is 0 Å². The van der Waals surface area contributed by atoms with E-state index in [1.807, 2.05) is 31.3 Å². The molecule has 6 rings (SSSR count). The van der Waals surface area contributed by atoms with Crippen molar-refractivity contribution in [2.75, 3.05) is 43.4 Å². The third-order valence-corrected chi connectivity index (χ3v) is 6.68. The average molecular weight is 497 g/mol. The molecule has 0 unspecified atom stereocenters. The highest BCUT2D eigenvalue weighted by Gasteiger charge is 2.20. The maximum absolute atomic E-state index is 12.0. The summed E-state index contributed by atoms with van der Waals surface area (Å²) in [4.78, 5) is 38.4. The number of carbonyl (C=O) groups is 1. The molecule has 1 aliphatic rings. The van der Waals surface area contributed by atoms with Crippen molar-refractivity contribution in [1.82, 2.24) is 40.0 Å². The van der Waals surface area contributed by atoms with Crippen LogP contribution < -0.4 is 10.2 Å². The van der Waals surface area contributed by atoms with Gasteiger partial charge in [0.1, 0.15) is 11.2 Å². The van der Waals surface area contributed by atoms with E-state index in [4.69, 9.17) is 4.98 Å². The van der Waals surface area contributed by atoms with Crippen molar-refractivity contribution in [3.63, 3.8) is 0 Å². The average Bonchev–Trinajstić information content (AvgIpc) is 3.53. The summed E-state index contributed by atoms with van der Waals surface area (Å²) in [6, 6.07) is 5.88. The number of rotatable bonds is 6. The largest absolute Gasteiger partial charge is 0.367 e. The van der Waals surface area contributed by atoms with Gasteiger partial charge in [-0.1, -0.05) is 6.92 Å². The lowest BCUT2D eigenvalue weighted by Gasteiger charge is -2.34. The van der Waals surface area contributed by atoms with Crippen LogP contribution in [0.4, 0.5) is 11.4 Å². The van der Waals surface area contributed by atoms with Crippen molar-refractivity contribution in [3.8, 4) is 22.8 Å². The molecule has 5 aromatic heterocycles. The first-order valence-electron chi connectivity index (χ1n) is 12.5. The summed E-state index contributed by atoms with van der Waals surface area (Å²) in [5, 5.41) is 11.4. The van der Waals surface area contributed by atoms with E-state index in [-0.39, 0.29) is 5.91 Å². The van der Waals surface area contributed by atoms with Crippen LogP contribution in [-0.4, -0.2) is 79.2 Å². The summed E-state index contributed by atoms with van der Waals surface area (Å²) in [6.07, 6.45) is 8.18. The van der Waals surface area contributed by atoms with Gasteiger partial charge in [-0.3, -0.25) is 19.9 Å². The van der Waals surface area contributed by atoms with Gasteiger partial charge in [-0.05, 0) is 31.7 Å². The molecule has 6 heterocycles. The predicted molar refractivity (Wildman–Crippen MR) is 143 cm³/mol. The number of pyridine rings is 3. The summed E-state index contributed by atoms with van der Waals surface area (Å²) < 4.78 is 0. The van der Waals surface area contributed by atoms with Crippen molar-refractivity contribution >= 4 is 39.3 Å². The Bertz CT molecular complexity index is 1580. The molecule has 1 aliphatic heterocycles. The molecule has 1 amide bonds. The highest BCUT2D eigenvalue weighted by Crippen LogP contribution is 2.31. The van der Waals surface area contributed by atoms with E-state index < -0.39 is 0 Å². The summed E-state index contributed by atoms with van der Waals surface area (Å²) in [7, 11) is 2.15. The molecule has 3 N–H and O–H groups in total. The second kappa shape index (κ2) is 9.58. The topological polar surface area (TPSA) is 132 Å². The van der Waals surface area contributed by atoms with Gasteiger partial charge in [0.25, 0.3) is 0 Å². The van der Waals surface area contributed by atoms with Crippen molar-refractivity contribution in [2.45, 2.75) is 19.8 Å². The zero-order valence-electron chi connectivity index (χ0n) is 20.8. The van der Waals surface area contributed by atoms with Crippen molar-refractivity contribution in [1.29, 1.82) is 0 Å². The smallest absolute Gasteiger partial charge is 0.224 e. The molecule has 0 saturated carbocycles. The Kier molecular flexibility index (Phi) is 5.97. The van der Waals surface area contributed by atoms with E-state index in [9.17, 15) is 4.79 Å². The maximum atomic E-state index is 12.0. The highest BCUT2D eigenvalue weighted by molar-refractivity contribution is 5.96. The number of hydrogen-bond donors (Lipinski definition) is 3. The third kappa shape index (κ3) is 4.49. The molecule has 37 heavy (non-hydrogen) atoms. The van der Waals surface area contributed by atoms with E-state index >= 15 is 0 Å². The lowest BCUT2D eigenvalue weighted by molar-refractivity contribution is -0.116. The number of amides is 1. The van der Waals surface area contributed by atoms with Crippen LogP contribution in [0.25, 0.3) is 44.8 Å². The van der Waals surface area contributed by atoms with E-state index in [0.29, 0.717) is 29.3 Å². The summed E-state index contributed by atoms with van der Waals surface area (Å²) >= 11 is 0. The molecule has 0 spiro atoms. The first kappa shape index (κ1) is 23.0. The second-order valence-corrected chi connectivity index (χ2v) is 9.35. The number of nitrogens with zero attached hydrogens (tertiary/aromatic N) is 7. The van der Waals surface area contributed by atoms with Crippen LogP contribution in [0.15, 0.2) is 43.0 Å². The molecule has 188 valence electrons. The Hall–Kier alpha value is -4.38. The van der Waals surface area contributed by atoms with E-state index in [0.717, 1.165) is 66.0 Å². The van der Waals surface area contributed by atoms with Gasteiger partial charge in [-0.25, -0.2) is 9.97 Å². The number of nitrogens with one attached hydrogen (secondary N) is 3. The molecular formula is C26H28N10O. The summed E-state index contributed by atoms with van der Waals surface area (Å²) in [5.41, 5.74) is 6.34. The Morgan fingerprint density at radius 2 is 1.97 bits per heavy atom. The number of H-pyrrole nitrogens is 2. The minimum absolute atomic E-state index is 0.0311. The quantitative estimate of drug-likeness (QED) is 0.326. The number of anilines is 2. The Balaban J connectivity index is 1.35. The molecule has 1 saturated heterocycles. The summed E-state index contributed by atoms with van der Waals surface area (Å²) in [6.45, 7) is 5.92. The molecule has 0 radical (unpaired) electrons. The van der Waals surface area contributed by atoms with Crippen LogP contribution in [0.5, 0.6) is 0 Å². The van der Waals surface area contributed by atoms with E-state index in [1.54, 1.807) is 18.6 Å². The number of hydrogen-bond acceptors (Lipinski definition) is 8. The Labute approximate surface area is 213 Å². The lowest BCUT2D eigenvalue weighted by atomic mass is 10.1. The SMILES string of the molecule is CCCC(=O)Nc1cncc(-c2cc3c(-c4nc5nccc(N6CCN(C)CC6)c5[nH]4)n[nH]c3cn2)c1. The predicted octanol–water partition coefficient (Wildman–Crippen LogP) is 3.45. The van der Waals surface area contributed by atoms with Crippen LogP contribution in [0, 0.1) is 0 Å². The maximum Gasteiger partial charge on any atom is 0.224 e. The monoisotopic (exact) mass is 496 g/mol. The molecule has 0 bridgehead atoms. The zero-order valence-corrected chi connectivity index (χ0v) is 20.8. The van der Waals surface area contributed by atoms with Gasteiger partial charge in [0.2, 0.25) is 5.91 Å². The number of imidazole rings is 1. The van der Waals surface area contributed by atoms with Gasteiger partial charge in [0, 0.05) is 55.9 Å². The zero-order chi connectivity index (χ0) is 25.4. The molecule has 1 fully saturated rings.